The number of amides is 1. The van der Waals surface area contributed by atoms with Gasteiger partial charge < -0.3 is 110 Å². The van der Waals surface area contributed by atoms with Gasteiger partial charge in [-0.05, 0) is 171 Å². The Morgan fingerprint density at radius 1 is 0.755 bits per heavy atom. The Labute approximate surface area is 596 Å². The summed E-state index contributed by atoms with van der Waals surface area (Å²) in [5.74, 6) is -4.49. The number of phenols is 1. The monoisotopic (exact) mass is 1440 g/mol. The number of aldehydes is 1. The Morgan fingerprint density at radius 2 is 1.50 bits per heavy atom. The first-order valence-electron chi connectivity index (χ1n) is 35.8. The normalized spacial score (nSPS) is 39.4. The topological polar surface area (TPSA) is 412 Å². The SMILES string of the molecule is CC1O[C@@H](OC2C(O)[C@@H](NC(=O)CCCCCNC(=S)Nc3ccc(-c4c5ccc(=O)cc-5oc5cc(O)ccc45)c(C(=O)O)c3)C(CO)O[C@H]2OC(=O)[C@]23CCC(C)(C)CC2C2=CCC4C5(C)CC[C@H](O)C(C)(C=O)C5CCC4(C)C2(C)CC3O)C(CO)C(O)[C@H]1O[C@@H]1OC[C@@H](O)C(O)C1O. The second-order valence-electron chi connectivity index (χ2n) is 31.8. The number of phenolic OH excluding ortho intramolecular Hbond substituents is 1. The highest BCUT2D eigenvalue weighted by atomic mass is 32.1. The van der Waals surface area contributed by atoms with Gasteiger partial charge in [0, 0.05) is 47.3 Å². The van der Waals surface area contributed by atoms with Gasteiger partial charge in [0.05, 0.1) is 67.2 Å². The molecule has 6 aliphatic carbocycles. The summed E-state index contributed by atoms with van der Waals surface area (Å²) >= 11 is 5.59. The number of anilines is 1. The van der Waals surface area contributed by atoms with E-state index in [-0.39, 0.29) is 75.1 Å². The molecule has 2 aromatic carbocycles. The molecule has 7 fully saturated rings. The summed E-state index contributed by atoms with van der Waals surface area (Å²) in [7, 11) is 0. The van der Waals surface area contributed by atoms with Gasteiger partial charge in [0.25, 0.3) is 0 Å². The van der Waals surface area contributed by atoms with Crippen molar-refractivity contribution in [1.29, 1.82) is 0 Å². The number of carbonyl (C=O) groups excluding carboxylic acids is 3. The van der Waals surface area contributed by atoms with Crippen LogP contribution in [0.1, 0.15) is 142 Å². The molecule has 0 aromatic heterocycles. The van der Waals surface area contributed by atoms with E-state index in [1.165, 1.54) is 37.3 Å². The number of carboxylic acids is 1. The molecule has 24 atom stereocenters. The molecule has 14 N–H and O–H groups in total. The molecular weight excluding hydrogens is 1340 g/mol. The summed E-state index contributed by atoms with van der Waals surface area (Å²) in [6, 6.07) is 11.9. The molecular formula is C75H99N3O23S. The highest BCUT2D eigenvalue weighted by molar-refractivity contribution is 7.80. The molecule has 0 radical (unpaired) electrons. The lowest BCUT2D eigenvalue weighted by molar-refractivity contribution is -0.365. The number of carboxylic acid groups (broad SMARTS) is 1. The van der Waals surface area contributed by atoms with E-state index in [0.29, 0.717) is 85.7 Å². The molecule has 3 saturated heterocycles. The summed E-state index contributed by atoms with van der Waals surface area (Å²) in [4.78, 5) is 68.1. The minimum atomic E-state index is -1.89. The number of hydrogen-bond donors (Lipinski definition) is 14. The van der Waals surface area contributed by atoms with Crippen LogP contribution in [0.3, 0.4) is 0 Å². The van der Waals surface area contributed by atoms with Crippen molar-refractivity contribution in [1.82, 2.24) is 10.6 Å². The van der Waals surface area contributed by atoms with E-state index in [0.717, 1.165) is 24.7 Å². The zero-order valence-corrected chi connectivity index (χ0v) is 59.4. The molecule has 4 aliphatic heterocycles. The van der Waals surface area contributed by atoms with Crippen molar-refractivity contribution in [3.8, 4) is 28.2 Å². The van der Waals surface area contributed by atoms with Crippen molar-refractivity contribution in [3.63, 3.8) is 0 Å². The number of thiocarbonyl (C=S) groups is 1. The molecule has 4 heterocycles. The molecule has 4 saturated carbocycles. The van der Waals surface area contributed by atoms with Gasteiger partial charge in [-0.15, -0.1) is 0 Å². The quantitative estimate of drug-likeness (QED) is 0.0144. The van der Waals surface area contributed by atoms with Crippen LogP contribution >= 0.6 is 12.2 Å². The number of aromatic carboxylic acids is 1. The molecule has 2 aromatic rings. The predicted molar refractivity (Wildman–Crippen MR) is 371 cm³/mol. The number of benzene rings is 3. The number of esters is 1. The zero-order chi connectivity index (χ0) is 73.5. The summed E-state index contributed by atoms with van der Waals surface area (Å²) in [6.45, 7) is 12.7. The highest BCUT2D eigenvalue weighted by Crippen LogP contribution is 2.76. The van der Waals surface area contributed by atoms with E-state index in [1.54, 1.807) is 24.3 Å². The van der Waals surface area contributed by atoms with Gasteiger partial charge in [-0.2, -0.15) is 0 Å². The fraction of sp³-hybridized carbons (Fsp3) is 0.653. The molecule has 0 spiro atoms. The molecule has 26 nitrogen and oxygen atoms in total. The Hall–Kier alpha value is -6.12. The number of carbonyl (C=O) groups is 4. The number of unbranched alkanes of at least 4 members (excludes halogenated alkanes) is 2. The Morgan fingerprint density at radius 3 is 2.23 bits per heavy atom. The third kappa shape index (κ3) is 13.3. The van der Waals surface area contributed by atoms with Crippen molar-refractivity contribution >= 4 is 58.1 Å². The van der Waals surface area contributed by atoms with Gasteiger partial charge in [-0.25, -0.2) is 4.79 Å². The van der Waals surface area contributed by atoms with Crippen molar-refractivity contribution in [2.24, 2.45) is 56.2 Å². The lowest BCUT2D eigenvalue weighted by Crippen LogP contribution is -2.69. The standard InChI is InChI=1S/C75H99N3O23S/c1-36-62(99-66-61(91)59(89)47(84)34-95-66)58(88)44(32-79)65(96-36)100-63-60(90)57(78-55(87)11-9-8-10-26-76-69(102)77-37-12-15-40(43(27-37)64(92)93)56-41-16-13-38(82)28-48(41)97-49-29-39(83)14-17-42(49)56)50(33-80)98-67(63)101-68(94)75-25-24-70(2,3)30-46(75)45-18-19-52-71(4)22-21-53(85)72(5,35-81)51(71)20-23-73(52,6)74(45,7)31-54(75)86/h12-18,27-29,35-36,44,46-47,50-54,57-63,65-67,79-80,82,84-86,88-91H,8-11,19-26,30-34H2,1-7H3,(H,78,87)(H,92,93)(H2,76,77,102)/t36?,44?,46?,47-,50?,51?,52?,53+,54?,57+,58?,59?,60?,61?,62+,63?,65+,66+,67+,71?,72?,73?,74?,75-/m1/s1. The van der Waals surface area contributed by atoms with Crippen molar-refractivity contribution < 1.29 is 108 Å². The number of rotatable bonds is 19. The number of aliphatic hydroxyl groups is 9. The first kappa shape index (κ1) is 75.6. The van der Waals surface area contributed by atoms with Crippen LogP contribution in [0.2, 0.25) is 0 Å². The summed E-state index contributed by atoms with van der Waals surface area (Å²) < 4.78 is 43.3. The summed E-state index contributed by atoms with van der Waals surface area (Å²) in [6.07, 6.45) is -12.1. The largest absolute Gasteiger partial charge is 0.508 e. The van der Waals surface area contributed by atoms with Crippen LogP contribution in [-0.2, 0) is 42.8 Å². The Balaban J connectivity index is 0.743. The maximum Gasteiger partial charge on any atom is 0.336 e. The van der Waals surface area contributed by atoms with E-state index in [2.05, 4.69) is 56.6 Å². The lowest BCUT2D eigenvalue weighted by Gasteiger charge is -2.71. The number of nitrogens with one attached hydrogen (secondary N) is 3. The van der Waals surface area contributed by atoms with Crippen LogP contribution in [0.25, 0.3) is 33.4 Å². The van der Waals surface area contributed by atoms with Gasteiger partial charge in [-0.1, -0.05) is 65.7 Å². The van der Waals surface area contributed by atoms with Gasteiger partial charge in [0.2, 0.25) is 12.2 Å². The lowest BCUT2D eigenvalue weighted by atomic mass is 9.33. The third-order valence-electron chi connectivity index (χ3n) is 25.4. The van der Waals surface area contributed by atoms with Crippen molar-refractivity contribution in [2.75, 3.05) is 31.7 Å². The maximum atomic E-state index is 15.9. The van der Waals surface area contributed by atoms with E-state index >= 15 is 4.79 Å². The van der Waals surface area contributed by atoms with Crippen LogP contribution < -0.4 is 21.4 Å². The highest BCUT2D eigenvalue weighted by Gasteiger charge is 2.72. The zero-order valence-electron chi connectivity index (χ0n) is 58.6. The average molecular weight is 1440 g/mol. The fourth-order valence-electron chi connectivity index (χ4n) is 19.5. The molecule has 102 heavy (non-hydrogen) atoms. The van der Waals surface area contributed by atoms with E-state index in [1.807, 2.05) is 6.92 Å². The van der Waals surface area contributed by atoms with Gasteiger partial charge in [-0.3, -0.25) is 14.4 Å². The maximum absolute atomic E-state index is 15.9. The van der Waals surface area contributed by atoms with Gasteiger partial charge in [0.1, 0.15) is 65.4 Å². The van der Waals surface area contributed by atoms with E-state index in [9.17, 15) is 75.3 Å². The molecule has 12 rings (SSSR count). The van der Waals surface area contributed by atoms with Gasteiger partial charge in [0.15, 0.2) is 29.2 Å². The number of allylic oxidation sites excluding steroid dienone is 2. The first-order valence-corrected chi connectivity index (χ1v) is 36.2. The minimum Gasteiger partial charge on any atom is -0.508 e. The van der Waals surface area contributed by atoms with Crippen LogP contribution in [-0.4, -0.2) is 204 Å². The Kier molecular flexibility index (Phi) is 21.5. The average Bonchev–Trinajstić information content (AvgIpc) is 0.671. The number of hydrogen-bond acceptors (Lipinski definition) is 23. The minimum absolute atomic E-state index is 0.0713. The second kappa shape index (κ2) is 29.0. The number of aromatic hydroxyl groups is 1. The van der Waals surface area contributed by atoms with Crippen LogP contribution in [0, 0.1) is 56.2 Å². The smallest absolute Gasteiger partial charge is 0.336 e. The fourth-order valence-corrected chi connectivity index (χ4v) is 19.7. The van der Waals surface area contributed by atoms with Crippen LogP contribution in [0.4, 0.5) is 5.69 Å². The summed E-state index contributed by atoms with van der Waals surface area (Å²) in [5.41, 5.74) is -1.66. The predicted octanol–water partition coefficient (Wildman–Crippen LogP) is 5.16. The molecule has 27 heteroatoms. The van der Waals surface area contributed by atoms with Crippen molar-refractivity contribution in [2.45, 2.75) is 224 Å². The number of fused-ring (bicyclic) bond motifs is 9. The molecule has 0 bridgehead atoms. The third-order valence-corrected chi connectivity index (χ3v) is 25.7. The van der Waals surface area contributed by atoms with Gasteiger partial charge >= 0.3 is 11.9 Å². The number of aliphatic hydroxyl groups excluding tert-OH is 9. The number of ether oxygens (including phenoxy) is 6. The first-order chi connectivity index (χ1) is 48.3. The molecule has 16 unspecified atom stereocenters. The van der Waals surface area contributed by atoms with E-state index < -0.39 is 163 Å². The Bertz CT molecular complexity index is 3870. The van der Waals surface area contributed by atoms with Crippen LogP contribution in [0.5, 0.6) is 5.75 Å². The van der Waals surface area contributed by atoms with Crippen molar-refractivity contribution in [3.05, 3.63) is 82.0 Å². The summed E-state index contributed by atoms with van der Waals surface area (Å²) in [5, 5.41) is 133. The second-order valence-corrected chi connectivity index (χ2v) is 32.2. The molecule has 10 aliphatic rings. The van der Waals surface area contributed by atoms with Crippen LogP contribution in [0.15, 0.2) is 75.5 Å². The van der Waals surface area contributed by atoms with E-state index in [4.69, 9.17) is 45.1 Å². The molecule has 558 valence electrons. The molecule has 1 amide bonds.